The third kappa shape index (κ3) is 12.3. The quantitative estimate of drug-likeness (QED) is 0.0568. The molecule has 6 saturated heterocycles. The van der Waals surface area contributed by atoms with Crippen LogP contribution in [0.3, 0.4) is 0 Å². The summed E-state index contributed by atoms with van der Waals surface area (Å²) in [5.41, 5.74) is -0.434. The van der Waals surface area contributed by atoms with Gasteiger partial charge in [-0.15, -0.1) is 0 Å². The van der Waals surface area contributed by atoms with Crippen molar-refractivity contribution in [2.24, 2.45) is 52.3 Å². The van der Waals surface area contributed by atoms with Gasteiger partial charge in [-0.25, -0.2) is 0 Å². The van der Waals surface area contributed by atoms with E-state index in [1.165, 1.54) is 0 Å². The van der Waals surface area contributed by atoms with Crippen molar-refractivity contribution in [1.82, 2.24) is 0 Å². The van der Waals surface area contributed by atoms with Gasteiger partial charge >= 0.3 is 0 Å². The lowest BCUT2D eigenvalue weighted by Crippen LogP contribution is -2.68. The van der Waals surface area contributed by atoms with Gasteiger partial charge in [0, 0.05) is 12.3 Å². The van der Waals surface area contributed by atoms with E-state index >= 15 is 0 Å². The zero-order valence-electron chi connectivity index (χ0n) is 48.3. The standard InChI is InChI=1S/C56H94O29/c1-20(18-75-49-43(71)39(67)36(64)30(14-57)78-49)7-10-56(74)21(2)34-29(85-56)12-25-23-6-5-22-11-28(26(61)13-55(22,4)24(23)8-9-54(25,34)3)77-51-45(73)41(69)46(33(17-60)81-51)82-53-48(84-52-44(72)40(68)37(65)31(15-58)79-52)47(38(66)32(16-59)80-53)83-50-42(70)35(63)27(62)19-76-50/h20-53,57-74H,5-19H2,1-4H3/t20-,21+,22+,23?,24?,25?,26-,27-,28-,29?,30-,31-,32-,33-,34?,35+,36-,37-,38-,39+,40+,41-,42-,43-,44-,45-,46+,47+,48-,49-,50-,51-,52-,53+,54+,55+,56-/m1/s1. The average Bonchev–Trinajstić information content (AvgIpc) is 1.73. The summed E-state index contributed by atoms with van der Waals surface area (Å²) in [7, 11) is 0. The van der Waals surface area contributed by atoms with Gasteiger partial charge in [0.1, 0.15) is 116 Å². The monoisotopic (exact) mass is 1230 g/mol. The van der Waals surface area contributed by atoms with Gasteiger partial charge in [-0.2, -0.15) is 0 Å². The third-order valence-corrected chi connectivity index (χ3v) is 21.8. The Morgan fingerprint density at radius 1 is 0.518 bits per heavy atom. The second kappa shape index (κ2) is 26.4. The van der Waals surface area contributed by atoms with Crippen LogP contribution in [0, 0.1) is 52.3 Å². The summed E-state index contributed by atoms with van der Waals surface area (Å²) in [5.74, 6) is -0.636. The molecule has 5 unspecified atom stereocenters. The molecule has 0 bridgehead atoms. The molecule has 0 spiro atoms. The number of hydrogen-bond donors (Lipinski definition) is 18. The van der Waals surface area contributed by atoms with E-state index in [0.29, 0.717) is 37.5 Å². The first-order valence-electron chi connectivity index (χ1n) is 30.4. The molecule has 0 aromatic rings. The molecular weight excluding hydrogens is 1140 g/mol. The van der Waals surface area contributed by atoms with Gasteiger partial charge in [-0.3, -0.25) is 0 Å². The van der Waals surface area contributed by atoms with Crippen molar-refractivity contribution >= 4 is 0 Å². The van der Waals surface area contributed by atoms with E-state index in [0.717, 1.165) is 32.1 Å². The third-order valence-electron chi connectivity index (χ3n) is 21.8. The van der Waals surface area contributed by atoms with E-state index < -0.39 is 198 Å². The maximum Gasteiger partial charge on any atom is 0.187 e. The van der Waals surface area contributed by atoms with E-state index in [2.05, 4.69) is 20.8 Å². The second-order valence-electron chi connectivity index (χ2n) is 26.8. The molecule has 18 N–H and O–H groups in total. The molecule has 10 fully saturated rings. The summed E-state index contributed by atoms with van der Waals surface area (Å²) in [4.78, 5) is 0. The Morgan fingerprint density at radius 3 is 1.73 bits per heavy atom. The molecule has 0 aromatic heterocycles. The van der Waals surface area contributed by atoms with Gasteiger partial charge in [0.25, 0.3) is 0 Å². The lowest BCUT2D eigenvalue weighted by molar-refractivity contribution is -0.404. The molecular formula is C56H94O29. The van der Waals surface area contributed by atoms with E-state index in [4.69, 9.17) is 52.1 Å². The Kier molecular flexibility index (Phi) is 20.8. The number of rotatable bonds is 18. The minimum Gasteiger partial charge on any atom is -0.394 e. The van der Waals surface area contributed by atoms with Crippen LogP contribution < -0.4 is 0 Å². The molecule has 85 heavy (non-hydrogen) atoms. The first-order chi connectivity index (χ1) is 40.2. The average molecular weight is 1230 g/mol. The molecule has 29 heteroatoms. The molecule has 0 aromatic carbocycles. The number of ether oxygens (including phenoxy) is 11. The molecule has 10 aliphatic rings. The SMILES string of the molecule is C[C@H](CC[C@@]1(O)OC2CC3C4CC[C@H]5C[C@@H](O[C@@H]6O[C@H](CO)[C@H](O[C@@H]7O[C@H](CO)[C@@H](O)[C@H](O[C@H]8OC[C@@H](O)[C@H](O)[C@H]8O)[C@H]7O[C@H]7O[C@H](CO)[C@@H](O)[C@H](O)[C@H]7O)[C@H](O)[C@H]6O)[C@H](O)C[C@]5(C)C4CC[C@]3(C)C2[C@@H]1C)CO[C@@H]1O[C@H](CO)[C@@H](O)[C@H](O)[C@H]1O. The molecule has 492 valence electrons. The van der Waals surface area contributed by atoms with Crippen molar-refractivity contribution in [3.05, 3.63) is 0 Å². The number of aliphatic hydroxyl groups is 18. The van der Waals surface area contributed by atoms with Crippen molar-refractivity contribution < 1.29 is 144 Å². The van der Waals surface area contributed by atoms with Crippen molar-refractivity contribution in [3.8, 4) is 0 Å². The molecule has 4 aliphatic carbocycles. The summed E-state index contributed by atoms with van der Waals surface area (Å²) in [6.45, 7) is 4.91. The maximum atomic E-state index is 12.1. The maximum absolute atomic E-state index is 12.1. The van der Waals surface area contributed by atoms with Crippen LogP contribution in [0.1, 0.15) is 85.5 Å². The first-order valence-corrected chi connectivity index (χ1v) is 30.4. The zero-order valence-corrected chi connectivity index (χ0v) is 48.3. The number of hydrogen-bond acceptors (Lipinski definition) is 29. The Balaban J connectivity index is 0.771. The minimum atomic E-state index is -2.05. The number of fused-ring (bicyclic) bond motifs is 7. The fraction of sp³-hybridized carbons (Fsp3) is 1.00. The molecule has 6 heterocycles. The van der Waals surface area contributed by atoms with E-state index in [9.17, 15) is 91.9 Å². The van der Waals surface area contributed by atoms with Crippen LogP contribution in [0.25, 0.3) is 0 Å². The first kappa shape index (κ1) is 66.8. The van der Waals surface area contributed by atoms with Crippen LogP contribution in [0.15, 0.2) is 0 Å². The molecule has 6 aliphatic heterocycles. The van der Waals surface area contributed by atoms with Crippen molar-refractivity contribution in [3.63, 3.8) is 0 Å². The predicted molar refractivity (Wildman–Crippen MR) is 280 cm³/mol. The van der Waals surface area contributed by atoms with Crippen molar-refractivity contribution in [1.29, 1.82) is 0 Å². The van der Waals surface area contributed by atoms with Gasteiger partial charge in [0.05, 0.1) is 58.0 Å². The van der Waals surface area contributed by atoms with E-state index in [-0.39, 0.29) is 53.1 Å². The van der Waals surface area contributed by atoms with Gasteiger partial charge in [0.15, 0.2) is 37.2 Å². The second-order valence-corrected chi connectivity index (χ2v) is 26.8. The highest BCUT2D eigenvalue weighted by molar-refractivity contribution is 5.16. The summed E-state index contributed by atoms with van der Waals surface area (Å²) in [6, 6.07) is 0. The Labute approximate surface area is 491 Å². The number of aliphatic hydroxyl groups excluding tert-OH is 17. The summed E-state index contributed by atoms with van der Waals surface area (Å²) >= 11 is 0. The molecule has 0 amide bonds. The van der Waals surface area contributed by atoms with Crippen LogP contribution in [0.2, 0.25) is 0 Å². The normalized spacial score (nSPS) is 55.8. The molecule has 37 atom stereocenters. The van der Waals surface area contributed by atoms with Crippen LogP contribution in [0.4, 0.5) is 0 Å². The smallest absolute Gasteiger partial charge is 0.187 e. The minimum absolute atomic E-state index is 0.0808. The van der Waals surface area contributed by atoms with Crippen LogP contribution in [-0.2, 0) is 52.1 Å². The lowest BCUT2D eigenvalue weighted by Gasteiger charge is -2.62. The lowest BCUT2D eigenvalue weighted by atomic mass is 9.44. The van der Waals surface area contributed by atoms with Gasteiger partial charge in [-0.1, -0.05) is 27.7 Å². The largest absolute Gasteiger partial charge is 0.394 e. The van der Waals surface area contributed by atoms with Crippen molar-refractivity contribution in [2.75, 3.05) is 39.6 Å². The van der Waals surface area contributed by atoms with Gasteiger partial charge < -0.3 is 144 Å². The van der Waals surface area contributed by atoms with E-state index in [1.54, 1.807) is 0 Å². The van der Waals surface area contributed by atoms with Gasteiger partial charge in [-0.05, 0) is 97.7 Å². The van der Waals surface area contributed by atoms with Crippen LogP contribution >= 0.6 is 0 Å². The molecule has 10 rings (SSSR count). The van der Waals surface area contributed by atoms with Gasteiger partial charge in [0.2, 0.25) is 0 Å². The predicted octanol–water partition coefficient (Wildman–Crippen LogP) is -6.52. The Bertz CT molecular complexity index is 2170. The summed E-state index contributed by atoms with van der Waals surface area (Å²) in [6.07, 6.45) is -37.5. The molecule has 0 radical (unpaired) electrons. The van der Waals surface area contributed by atoms with Crippen molar-refractivity contribution in [2.45, 2.75) is 257 Å². The van der Waals surface area contributed by atoms with Crippen LogP contribution in [-0.4, -0.2) is 303 Å². The zero-order chi connectivity index (χ0) is 61.5. The molecule has 29 nitrogen and oxygen atoms in total. The summed E-state index contributed by atoms with van der Waals surface area (Å²) in [5, 5.41) is 194. The summed E-state index contributed by atoms with van der Waals surface area (Å²) < 4.78 is 65.5. The molecule has 4 saturated carbocycles. The highest BCUT2D eigenvalue weighted by Gasteiger charge is 2.69. The van der Waals surface area contributed by atoms with Crippen LogP contribution in [0.5, 0.6) is 0 Å². The fourth-order valence-corrected chi connectivity index (χ4v) is 16.9. The highest BCUT2D eigenvalue weighted by Crippen LogP contribution is 2.71. The highest BCUT2D eigenvalue weighted by atomic mass is 16.8. The Hall–Kier alpha value is -1.16. The fourth-order valence-electron chi connectivity index (χ4n) is 16.9. The topological polar surface area (TPSA) is 466 Å². The van der Waals surface area contributed by atoms with E-state index in [1.807, 2.05) is 6.92 Å². The Morgan fingerprint density at radius 2 is 1.07 bits per heavy atom.